The van der Waals surface area contributed by atoms with E-state index in [1.165, 1.54) is 0 Å². The van der Waals surface area contributed by atoms with Crippen molar-refractivity contribution in [2.75, 3.05) is 13.2 Å². The highest BCUT2D eigenvalue weighted by Gasteiger charge is 2.34. The molecule has 1 aliphatic heterocycles. The molecule has 19 heavy (non-hydrogen) atoms. The lowest BCUT2D eigenvalue weighted by molar-refractivity contribution is -0.122. The zero-order valence-corrected chi connectivity index (χ0v) is 13.1. The van der Waals surface area contributed by atoms with E-state index in [1.54, 1.807) is 0 Å². The zero-order valence-electron chi connectivity index (χ0n) is 13.1. The number of amides is 1. The summed E-state index contributed by atoms with van der Waals surface area (Å²) in [6.07, 6.45) is 4.07. The van der Waals surface area contributed by atoms with Gasteiger partial charge in [-0.1, -0.05) is 13.8 Å². The second-order valence-electron chi connectivity index (χ2n) is 6.61. The van der Waals surface area contributed by atoms with E-state index in [1.807, 2.05) is 20.8 Å². The Morgan fingerprint density at radius 2 is 1.95 bits per heavy atom. The first-order valence-corrected chi connectivity index (χ1v) is 7.48. The molecular weight excluding hydrogens is 240 g/mol. The molecule has 1 rings (SSSR count). The van der Waals surface area contributed by atoms with Gasteiger partial charge in [-0.3, -0.25) is 4.79 Å². The highest BCUT2D eigenvalue weighted by atomic mass is 16.5. The number of carbonyl (C=O) groups excluding carboxylic acids is 1. The number of hydrogen-bond acceptors (Lipinski definition) is 3. The van der Waals surface area contributed by atoms with Crippen molar-refractivity contribution in [2.45, 2.75) is 77.5 Å². The highest BCUT2D eigenvalue weighted by molar-refractivity contribution is 5.78. The summed E-state index contributed by atoms with van der Waals surface area (Å²) in [6, 6.07) is 0.388. The van der Waals surface area contributed by atoms with Crippen molar-refractivity contribution in [3.63, 3.8) is 0 Å². The molecule has 2 N–H and O–H groups in total. The molecule has 4 nitrogen and oxygen atoms in total. The lowest BCUT2D eigenvalue weighted by Gasteiger charge is -2.40. The minimum Gasteiger partial charge on any atom is -0.375 e. The van der Waals surface area contributed by atoms with Gasteiger partial charge in [-0.15, -0.1) is 0 Å². The molecule has 0 aliphatic carbocycles. The van der Waals surface area contributed by atoms with Crippen molar-refractivity contribution < 1.29 is 9.53 Å². The fourth-order valence-corrected chi connectivity index (χ4v) is 2.64. The molecule has 0 radical (unpaired) electrons. The van der Waals surface area contributed by atoms with Crippen LogP contribution in [-0.4, -0.2) is 36.2 Å². The molecule has 4 heteroatoms. The molecule has 1 unspecified atom stereocenters. The van der Waals surface area contributed by atoms with Crippen LogP contribution < -0.4 is 10.6 Å². The molecule has 0 saturated carbocycles. The van der Waals surface area contributed by atoms with Gasteiger partial charge in [-0.25, -0.2) is 0 Å². The van der Waals surface area contributed by atoms with Gasteiger partial charge >= 0.3 is 0 Å². The smallest absolute Gasteiger partial charge is 0.234 e. The molecule has 0 aromatic carbocycles. The molecule has 1 heterocycles. The fourth-order valence-electron chi connectivity index (χ4n) is 2.64. The summed E-state index contributed by atoms with van der Waals surface area (Å²) in [5.74, 6) is 0.0672. The van der Waals surface area contributed by atoms with Crippen molar-refractivity contribution in [1.82, 2.24) is 10.6 Å². The van der Waals surface area contributed by atoms with Gasteiger partial charge < -0.3 is 15.4 Å². The van der Waals surface area contributed by atoms with Gasteiger partial charge in [0.1, 0.15) is 0 Å². The summed E-state index contributed by atoms with van der Waals surface area (Å²) in [5.41, 5.74) is -0.151. The number of nitrogens with one attached hydrogen (secondary N) is 2. The van der Waals surface area contributed by atoms with Crippen LogP contribution in [0.15, 0.2) is 0 Å². The minimum atomic E-state index is -0.162. The molecule has 0 aromatic rings. The molecule has 0 bridgehead atoms. The van der Waals surface area contributed by atoms with Gasteiger partial charge in [-0.2, -0.15) is 0 Å². The average Bonchev–Trinajstić information content (AvgIpc) is 2.34. The van der Waals surface area contributed by atoms with E-state index in [2.05, 4.69) is 24.5 Å². The molecule has 1 atom stereocenters. The van der Waals surface area contributed by atoms with Crippen molar-refractivity contribution in [1.29, 1.82) is 0 Å². The van der Waals surface area contributed by atoms with E-state index in [0.717, 1.165) is 32.3 Å². The monoisotopic (exact) mass is 270 g/mol. The molecule has 112 valence electrons. The Labute approximate surface area is 117 Å². The predicted octanol–water partition coefficient (Wildman–Crippen LogP) is 2.23. The summed E-state index contributed by atoms with van der Waals surface area (Å²) in [4.78, 5) is 11.8. The van der Waals surface area contributed by atoms with E-state index in [4.69, 9.17) is 4.74 Å². The second-order valence-corrected chi connectivity index (χ2v) is 6.61. The first kappa shape index (κ1) is 16.4. The standard InChI is InChI=1S/C15H30N2O2/c1-6-15(7-2)10-12(8-9-19-15)16-11-13(18)17-14(3,4)5/h12,16H,6-11H2,1-5H3,(H,17,18). The van der Waals surface area contributed by atoms with Crippen molar-refractivity contribution in [2.24, 2.45) is 0 Å². The van der Waals surface area contributed by atoms with Crippen LogP contribution >= 0.6 is 0 Å². The molecule has 1 aliphatic rings. The van der Waals surface area contributed by atoms with Crippen LogP contribution in [0, 0.1) is 0 Å². The van der Waals surface area contributed by atoms with Crippen LogP contribution in [-0.2, 0) is 9.53 Å². The summed E-state index contributed by atoms with van der Waals surface area (Å²) in [7, 11) is 0. The van der Waals surface area contributed by atoms with Gasteiger partial charge in [0.25, 0.3) is 0 Å². The molecule has 1 amide bonds. The third-order valence-corrected chi connectivity index (χ3v) is 3.85. The van der Waals surface area contributed by atoms with E-state index >= 15 is 0 Å². The Bertz CT molecular complexity index is 293. The predicted molar refractivity (Wildman–Crippen MR) is 78.2 cm³/mol. The first-order chi connectivity index (χ1) is 8.80. The van der Waals surface area contributed by atoms with Crippen LogP contribution in [0.25, 0.3) is 0 Å². The Hall–Kier alpha value is -0.610. The number of carbonyl (C=O) groups is 1. The number of rotatable bonds is 5. The molecule has 0 aromatic heterocycles. The van der Waals surface area contributed by atoms with Crippen molar-refractivity contribution in [3.05, 3.63) is 0 Å². The summed E-state index contributed by atoms with van der Waals surface area (Å²) in [5, 5.41) is 6.35. The molecule has 1 saturated heterocycles. The molecule has 0 spiro atoms. The first-order valence-electron chi connectivity index (χ1n) is 7.48. The average molecular weight is 270 g/mol. The van der Waals surface area contributed by atoms with Gasteiger partial charge in [0.15, 0.2) is 0 Å². The van der Waals surface area contributed by atoms with Gasteiger partial charge in [0.2, 0.25) is 5.91 Å². The Morgan fingerprint density at radius 3 is 2.47 bits per heavy atom. The zero-order chi connectivity index (χ0) is 14.5. The van der Waals surface area contributed by atoms with Gasteiger partial charge in [0.05, 0.1) is 12.1 Å². The Kier molecular flexibility index (Phi) is 5.81. The molecule has 1 fully saturated rings. The maximum atomic E-state index is 11.8. The lowest BCUT2D eigenvalue weighted by atomic mass is 9.86. The summed E-state index contributed by atoms with van der Waals surface area (Å²) in [6.45, 7) is 11.5. The Morgan fingerprint density at radius 1 is 1.32 bits per heavy atom. The lowest BCUT2D eigenvalue weighted by Crippen LogP contribution is -2.50. The van der Waals surface area contributed by atoms with E-state index < -0.39 is 0 Å². The third-order valence-electron chi connectivity index (χ3n) is 3.85. The Balaban J connectivity index is 2.39. The van der Waals surface area contributed by atoms with E-state index in [9.17, 15) is 4.79 Å². The maximum Gasteiger partial charge on any atom is 0.234 e. The molecular formula is C15H30N2O2. The fraction of sp³-hybridized carbons (Fsp3) is 0.933. The topological polar surface area (TPSA) is 50.4 Å². The normalized spacial score (nSPS) is 23.1. The minimum absolute atomic E-state index is 0.0103. The van der Waals surface area contributed by atoms with Crippen molar-refractivity contribution in [3.8, 4) is 0 Å². The van der Waals surface area contributed by atoms with Crippen LogP contribution in [0.4, 0.5) is 0 Å². The van der Waals surface area contributed by atoms with Crippen LogP contribution in [0.2, 0.25) is 0 Å². The number of ether oxygens (including phenoxy) is 1. The maximum absolute atomic E-state index is 11.8. The third kappa shape index (κ3) is 5.49. The van der Waals surface area contributed by atoms with Gasteiger partial charge in [0, 0.05) is 18.2 Å². The largest absolute Gasteiger partial charge is 0.375 e. The van der Waals surface area contributed by atoms with Crippen molar-refractivity contribution >= 4 is 5.91 Å². The summed E-state index contributed by atoms with van der Waals surface area (Å²) < 4.78 is 5.94. The van der Waals surface area contributed by atoms with Crippen LogP contribution in [0.1, 0.15) is 60.3 Å². The van der Waals surface area contributed by atoms with E-state index in [0.29, 0.717) is 12.6 Å². The van der Waals surface area contributed by atoms with E-state index in [-0.39, 0.29) is 17.0 Å². The highest BCUT2D eigenvalue weighted by Crippen LogP contribution is 2.31. The van der Waals surface area contributed by atoms with Crippen LogP contribution in [0.3, 0.4) is 0 Å². The number of hydrogen-bond donors (Lipinski definition) is 2. The SMILES string of the molecule is CCC1(CC)CC(NCC(=O)NC(C)(C)C)CCO1. The quantitative estimate of drug-likeness (QED) is 0.805. The van der Waals surface area contributed by atoms with Crippen LogP contribution in [0.5, 0.6) is 0 Å². The van der Waals surface area contributed by atoms with Gasteiger partial charge in [-0.05, 0) is 46.5 Å². The second kappa shape index (κ2) is 6.71. The summed E-state index contributed by atoms with van der Waals surface area (Å²) >= 11 is 0.